The highest BCUT2D eigenvalue weighted by Gasteiger charge is 2.52. The molecular formula is C20H21N3O3S. The van der Waals surface area contributed by atoms with Crippen molar-refractivity contribution in [2.24, 2.45) is 0 Å². The zero-order valence-electron chi connectivity index (χ0n) is 15.2. The van der Waals surface area contributed by atoms with Gasteiger partial charge < -0.3 is 5.32 Å². The van der Waals surface area contributed by atoms with Gasteiger partial charge in [0.1, 0.15) is 5.54 Å². The number of benzene rings is 2. The summed E-state index contributed by atoms with van der Waals surface area (Å²) >= 11 is 1.69. The molecule has 1 aliphatic rings. The Morgan fingerprint density at radius 3 is 2.37 bits per heavy atom. The fourth-order valence-corrected chi connectivity index (χ4v) is 3.65. The second kappa shape index (κ2) is 7.84. The maximum Gasteiger partial charge on any atom is 0.344 e. The van der Waals surface area contributed by atoms with Crippen molar-refractivity contribution in [2.75, 3.05) is 6.26 Å². The van der Waals surface area contributed by atoms with Crippen molar-refractivity contribution in [3.05, 3.63) is 71.3 Å². The Balaban J connectivity index is 1.80. The van der Waals surface area contributed by atoms with Crippen LogP contribution in [0.25, 0.3) is 0 Å². The predicted octanol–water partition coefficient (Wildman–Crippen LogP) is 3.05. The Kier molecular flexibility index (Phi) is 5.51. The van der Waals surface area contributed by atoms with Crippen LogP contribution in [0.4, 0.5) is 4.79 Å². The topological polar surface area (TPSA) is 78.5 Å². The number of nitrogens with one attached hydrogen (secondary N) is 2. The lowest BCUT2D eigenvalue weighted by atomic mass is 9.87. The van der Waals surface area contributed by atoms with Gasteiger partial charge in [-0.05, 0) is 35.9 Å². The Labute approximate surface area is 162 Å². The van der Waals surface area contributed by atoms with Crippen LogP contribution >= 0.6 is 11.8 Å². The number of carbonyl (C=O) groups is 3. The third-order valence-electron chi connectivity index (χ3n) is 4.63. The average molecular weight is 383 g/mol. The second-order valence-corrected chi connectivity index (χ2v) is 7.13. The van der Waals surface area contributed by atoms with Crippen molar-refractivity contribution in [1.82, 2.24) is 15.8 Å². The third kappa shape index (κ3) is 3.55. The molecule has 0 aliphatic carbocycles. The van der Waals surface area contributed by atoms with E-state index < -0.39 is 23.4 Å². The molecule has 140 valence electrons. The zero-order valence-corrected chi connectivity index (χ0v) is 16.0. The summed E-state index contributed by atoms with van der Waals surface area (Å²) in [6, 6.07) is 15.5. The van der Waals surface area contributed by atoms with Crippen molar-refractivity contribution >= 4 is 29.6 Å². The molecule has 3 rings (SSSR count). The average Bonchev–Trinajstić information content (AvgIpc) is 2.94. The molecule has 6 nitrogen and oxygen atoms in total. The van der Waals surface area contributed by atoms with Gasteiger partial charge in [0.05, 0.1) is 0 Å². The lowest BCUT2D eigenvalue weighted by Gasteiger charge is -2.25. The van der Waals surface area contributed by atoms with Crippen molar-refractivity contribution < 1.29 is 14.4 Å². The van der Waals surface area contributed by atoms with E-state index in [1.807, 2.05) is 43.5 Å². The van der Waals surface area contributed by atoms with E-state index in [0.717, 1.165) is 16.3 Å². The molecule has 0 saturated carbocycles. The van der Waals surface area contributed by atoms with Gasteiger partial charge in [-0.1, -0.05) is 49.4 Å². The fourth-order valence-electron chi connectivity index (χ4n) is 3.12. The van der Waals surface area contributed by atoms with E-state index in [4.69, 9.17) is 0 Å². The monoisotopic (exact) mass is 383 g/mol. The van der Waals surface area contributed by atoms with E-state index in [2.05, 4.69) is 10.7 Å². The number of rotatable bonds is 6. The molecule has 0 unspecified atom stereocenters. The summed E-state index contributed by atoms with van der Waals surface area (Å²) in [6.07, 6.45) is 2.38. The molecule has 0 bridgehead atoms. The number of thioether (sulfide) groups is 1. The summed E-state index contributed by atoms with van der Waals surface area (Å²) in [4.78, 5) is 37.9. The fraction of sp³-hybridized carbons (Fsp3) is 0.250. The summed E-state index contributed by atoms with van der Waals surface area (Å²) in [5.41, 5.74) is 3.43. The molecule has 27 heavy (non-hydrogen) atoms. The van der Waals surface area contributed by atoms with Crippen molar-refractivity contribution in [1.29, 1.82) is 0 Å². The molecule has 0 radical (unpaired) electrons. The van der Waals surface area contributed by atoms with Crippen molar-refractivity contribution in [3.8, 4) is 0 Å². The van der Waals surface area contributed by atoms with Crippen LogP contribution in [-0.4, -0.2) is 29.1 Å². The summed E-state index contributed by atoms with van der Waals surface area (Å²) in [7, 11) is 0. The van der Waals surface area contributed by atoms with E-state index in [9.17, 15) is 14.4 Å². The number of nitrogens with zero attached hydrogens (tertiary/aromatic N) is 1. The summed E-state index contributed by atoms with van der Waals surface area (Å²) < 4.78 is 0. The van der Waals surface area contributed by atoms with E-state index >= 15 is 0 Å². The second-order valence-electron chi connectivity index (χ2n) is 6.27. The Bertz CT molecular complexity index is 855. The number of amides is 4. The van der Waals surface area contributed by atoms with Gasteiger partial charge in [-0.2, -0.15) is 16.8 Å². The third-order valence-corrected chi connectivity index (χ3v) is 5.25. The molecule has 1 fully saturated rings. The van der Waals surface area contributed by atoms with Crippen molar-refractivity contribution in [2.45, 2.75) is 24.6 Å². The highest BCUT2D eigenvalue weighted by Crippen LogP contribution is 2.31. The van der Waals surface area contributed by atoms with Gasteiger partial charge in [0.25, 0.3) is 11.8 Å². The lowest BCUT2D eigenvalue weighted by molar-refractivity contribution is -0.133. The van der Waals surface area contributed by atoms with Crippen LogP contribution in [0.3, 0.4) is 0 Å². The standard InChI is InChI=1S/C20H21N3O3S/c1-3-20(16-7-5-4-6-8-16)18(25)23(19(26)21-20)22-17(24)15-11-9-14(10-12-15)13-27-2/h4-12H,3,13H2,1-2H3,(H,21,26)(H,22,24)/t20-/m1/s1. The molecule has 2 aromatic carbocycles. The molecule has 4 amide bonds. The van der Waals surface area contributed by atoms with Crippen LogP contribution in [0.1, 0.15) is 34.8 Å². The van der Waals surface area contributed by atoms with Gasteiger partial charge in [-0.25, -0.2) is 4.79 Å². The van der Waals surface area contributed by atoms with Gasteiger partial charge in [-0.3, -0.25) is 15.0 Å². The van der Waals surface area contributed by atoms with E-state index in [-0.39, 0.29) is 0 Å². The van der Waals surface area contributed by atoms with Crippen LogP contribution in [-0.2, 0) is 16.1 Å². The van der Waals surface area contributed by atoms with E-state index in [1.54, 1.807) is 36.0 Å². The molecule has 0 aromatic heterocycles. The highest BCUT2D eigenvalue weighted by atomic mass is 32.2. The van der Waals surface area contributed by atoms with Gasteiger partial charge in [0, 0.05) is 11.3 Å². The molecule has 7 heteroatoms. The van der Waals surface area contributed by atoms with Crippen molar-refractivity contribution in [3.63, 3.8) is 0 Å². The normalized spacial score (nSPS) is 19.1. The highest BCUT2D eigenvalue weighted by molar-refractivity contribution is 7.97. The van der Waals surface area contributed by atoms with Gasteiger partial charge >= 0.3 is 6.03 Å². The minimum Gasteiger partial charge on any atom is -0.318 e. The quantitative estimate of drug-likeness (QED) is 0.752. The molecule has 1 heterocycles. The van der Waals surface area contributed by atoms with E-state index in [1.165, 1.54) is 0 Å². The van der Waals surface area contributed by atoms with Gasteiger partial charge in [0.2, 0.25) is 0 Å². The molecule has 2 aromatic rings. The van der Waals surface area contributed by atoms with Crippen LogP contribution in [0, 0.1) is 0 Å². The smallest absolute Gasteiger partial charge is 0.318 e. The van der Waals surface area contributed by atoms with Crippen LogP contribution in [0.15, 0.2) is 54.6 Å². The number of hydrogen-bond donors (Lipinski definition) is 2. The first kappa shape index (κ1) is 19.0. The predicted molar refractivity (Wildman–Crippen MR) is 105 cm³/mol. The first-order valence-electron chi connectivity index (χ1n) is 8.63. The minimum atomic E-state index is -1.17. The number of carbonyl (C=O) groups excluding carboxylic acids is 3. The number of imide groups is 1. The largest absolute Gasteiger partial charge is 0.344 e. The first-order valence-corrected chi connectivity index (χ1v) is 10.0. The maximum absolute atomic E-state index is 13.0. The Hall–Kier alpha value is -2.80. The number of urea groups is 1. The van der Waals surface area contributed by atoms with Crippen LogP contribution in [0.5, 0.6) is 0 Å². The van der Waals surface area contributed by atoms with Gasteiger partial charge in [-0.15, -0.1) is 0 Å². The number of hydrazine groups is 1. The van der Waals surface area contributed by atoms with Crippen LogP contribution in [0.2, 0.25) is 0 Å². The first-order chi connectivity index (χ1) is 13.0. The Morgan fingerprint density at radius 2 is 1.78 bits per heavy atom. The van der Waals surface area contributed by atoms with Crippen LogP contribution < -0.4 is 10.7 Å². The minimum absolute atomic E-state index is 0.372. The zero-order chi connectivity index (χ0) is 19.4. The SMILES string of the molecule is CC[C@]1(c2ccccc2)NC(=O)N(NC(=O)c2ccc(CSC)cc2)C1=O. The van der Waals surface area contributed by atoms with Gasteiger partial charge in [0.15, 0.2) is 0 Å². The molecule has 1 aliphatic heterocycles. The van der Waals surface area contributed by atoms with E-state index in [0.29, 0.717) is 17.5 Å². The molecule has 0 spiro atoms. The molecule has 2 N–H and O–H groups in total. The summed E-state index contributed by atoms with van der Waals surface area (Å²) in [5.74, 6) is -0.145. The number of hydrogen-bond acceptors (Lipinski definition) is 4. The molecule has 1 atom stereocenters. The Morgan fingerprint density at radius 1 is 1.11 bits per heavy atom. The lowest BCUT2D eigenvalue weighted by Crippen LogP contribution is -2.48. The summed E-state index contributed by atoms with van der Waals surface area (Å²) in [5, 5.41) is 3.51. The molecular weight excluding hydrogens is 362 g/mol. The summed E-state index contributed by atoms with van der Waals surface area (Å²) in [6.45, 7) is 1.82. The maximum atomic E-state index is 13.0. The molecule has 1 saturated heterocycles.